The molecule has 0 saturated carbocycles. The average molecular weight is 561 g/mol. The molecule has 0 aliphatic carbocycles. The fraction of sp³-hybridized carbons (Fsp3) is 0.419. The minimum Gasteiger partial charge on any atom is -0.457 e. The van der Waals surface area contributed by atoms with E-state index in [1.165, 1.54) is 4.90 Å². The van der Waals surface area contributed by atoms with Gasteiger partial charge in [0.2, 0.25) is 5.91 Å². The Morgan fingerprint density at radius 3 is 2.78 bits per heavy atom. The summed E-state index contributed by atoms with van der Waals surface area (Å²) in [4.78, 5) is 42.6. The normalized spacial score (nSPS) is 19.9. The number of ether oxygens (including phenoxy) is 2. The lowest BCUT2D eigenvalue weighted by molar-refractivity contribution is -0.124. The summed E-state index contributed by atoms with van der Waals surface area (Å²) >= 11 is 0. The standard InChI is InChI=1S/C31H36N4O6/c1-19(2)12-24-15-25(33-41-24)31(38)35-11-10-27-26(16-35)32-29(36)17-34(4)30(37)22-9-8-20(3)28(14-22)40-23-7-5-6-21(13-23)18-39-27/h5-9,13-15,19,26-27H,10-12,16-18H2,1-4H3,(H,32,36)/t26-,27+/m0/s1. The van der Waals surface area contributed by atoms with E-state index < -0.39 is 6.04 Å². The number of likely N-dealkylation sites (N-methyl/N-ethyl adjacent to an activating group) is 1. The quantitative estimate of drug-likeness (QED) is 0.516. The molecule has 0 spiro atoms. The second-order valence-electron chi connectivity index (χ2n) is 11.2. The van der Waals surface area contributed by atoms with Crippen LogP contribution in [-0.2, 0) is 22.6 Å². The summed E-state index contributed by atoms with van der Waals surface area (Å²) < 4.78 is 17.8. The van der Waals surface area contributed by atoms with Crippen molar-refractivity contribution in [3.63, 3.8) is 0 Å². The first-order valence-electron chi connectivity index (χ1n) is 13.9. The van der Waals surface area contributed by atoms with Crippen molar-refractivity contribution in [1.82, 2.24) is 20.3 Å². The highest BCUT2D eigenvalue weighted by molar-refractivity contribution is 5.97. The third kappa shape index (κ3) is 6.77. The summed E-state index contributed by atoms with van der Waals surface area (Å²) in [6, 6.07) is 14.0. The molecule has 3 heterocycles. The lowest BCUT2D eigenvalue weighted by atomic mass is 10.0. The van der Waals surface area contributed by atoms with E-state index in [2.05, 4.69) is 24.3 Å². The van der Waals surface area contributed by atoms with E-state index in [9.17, 15) is 14.4 Å². The fourth-order valence-corrected chi connectivity index (χ4v) is 5.16. The third-order valence-electron chi connectivity index (χ3n) is 7.32. The van der Waals surface area contributed by atoms with Crippen LogP contribution >= 0.6 is 0 Å². The molecule has 5 rings (SSSR count). The zero-order chi connectivity index (χ0) is 29.1. The Hall–Kier alpha value is -4.18. The number of hydrogen-bond acceptors (Lipinski definition) is 7. The first kappa shape index (κ1) is 28.4. The van der Waals surface area contributed by atoms with Crippen LogP contribution in [-0.4, -0.2) is 71.5 Å². The van der Waals surface area contributed by atoms with Gasteiger partial charge in [0.05, 0.1) is 25.3 Å². The molecule has 1 saturated heterocycles. The molecule has 2 atom stereocenters. The molecule has 2 aliphatic heterocycles. The molecule has 10 nitrogen and oxygen atoms in total. The molecule has 0 unspecified atom stereocenters. The van der Waals surface area contributed by atoms with Crippen molar-refractivity contribution in [2.45, 2.75) is 52.4 Å². The molecule has 2 aliphatic rings. The number of likely N-dealkylation sites (tertiary alicyclic amines) is 1. The van der Waals surface area contributed by atoms with Gasteiger partial charge < -0.3 is 29.1 Å². The van der Waals surface area contributed by atoms with E-state index in [0.717, 1.165) is 11.1 Å². The van der Waals surface area contributed by atoms with Crippen molar-refractivity contribution < 1.29 is 28.4 Å². The average Bonchev–Trinajstić information content (AvgIpc) is 3.40. The monoisotopic (exact) mass is 560 g/mol. The van der Waals surface area contributed by atoms with Crippen LogP contribution in [0.1, 0.15) is 58.0 Å². The number of carbonyl (C=O) groups excluding carboxylic acids is 3. The number of piperidine rings is 1. The first-order chi connectivity index (χ1) is 19.7. The molecule has 41 heavy (non-hydrogen) atoms. The van der Waals surface area contributed by atoms with Crippen LogP contribution in [0, 0.1) is 12.8 Å². The lowest BCUT2D eigenvalue weighted by Gasteiger charge is -2.38. The van der Waals surface area contributed by atoms with Crippen molar-refractivity contribution >= 4 is 17.7 Å². The highest BCUT2D eigenvalue weighted by Gasteiger charge is 2.35. The SMILES string of the molecule is Cc1ccc2cc1Oc1cccc(c1)CO[C@@H]1CCN(C(=O)c3cc(CC(C)C)on3)C[C@@H]1NC(=O)CN(C)C2=O. The minimum atomic E-state index is -0.482. The number of amides is 3. The number of carbonyl (C=O) groups is 3. The van der Waals surface area contributed by atoms with Crippen LogP contribution in [0.25, 0.3) is 0 Å². The Bertz CT molecular complexity index is 1430. The molecule has 3 amide bonds. The topological polar surface area (TPSA) is 114 Å². The molecule has 1 aromatic heterocycles. The van der Waals surface area contributed by atoms with Crippen LogP contribution in [0.15, 0.2) is 53.1 Å². The fourth-order valence-electron chi connectivity index (χ4n) is 5.16. The van der Waals surface area contributed by atoms with Crippen molar-refractivity contribution in [2.24, 2.45) is 5.92 Å². The number of nitrogens with zero attached hydrogens (tertiary/aromatic N) is 3. The van der Waals surface area contributed by atoms with E-state index in [1.54, 1.807) is 30.1 Å². The van der Waals surface area contributed by atoms with Crippen LogP contribution in [0.5, 0.6) is 11.5 Å². The number of aryl methyl sites for hydroxylation is 1. The second kappa shape index (κ2) is 12.1. The van der Waals surface area contributed by atoms with Gasteiger partial charge in [-0.05, 0) is 54.7 Å². The lowest BCUT2D eigenvalue weighted by Crippen LogP contribution is -2.58. The van der Waals surface area contributed by atoms with Gasteiger partial charge in [-0.15, -0.1) is 0 Å². The number of rotatable bonds is 3. The molecule has 2 aromatic carbocycles. The van der Waals surface area contributed by atoms with Gasteiger partial charge in [-0.2, -0.15) is 0 Å². The summed E-state index contributed by atoms with van der Waals surface area (Å²) in [6.45, 7) is 6.89. The van der Waals surface area contributed by atoms with Crippen LogP contribution in [0.4, 0.5) is 0 Å². The van der Waals surface area contributed by atoms with Crippen LogP contribution in [0.2, 0.25) is 0 Å². The molecular formula is C31H36N4O6. The van der Waals surface area contributed by atoms with E-state index >= 15 is 0 Å². The Labute approximate surface area is 239 Å². The summed E-state index contributed by atoms with van der Waals surface area (Å²) in [6.07, 6.45) is 0.865. The zero-order valence-corrected chi connectivity index (χ0v) is 23.9. The highest BCUT2D eigenvalue weighted by Crippen LogP contribution is 2.28. The Morgan fingerprint density at radius 1 is 1.15 bits per heavy atom. The van der Waals surface area contributed by atoms with Gasteiger partial charge in [-0.1, -0.05) is 37.2 Å². The zero-order valence-electron chi connectivity index (χ0n) is 23.9. The molecule has 0 radical (unpaired) electrons. The Morgan fingerprint density at radius 2 is 1.98 bits per heavy atom. The van der Waals surface area contributed by atoms with Crippen molar-refractivity contribution in [2.75, 3.05) is 26.7 Å². The molecular weight excluding hydrogens is 524 g/mol. The largest absolute Gasteiger partial charge is 0.457 e. The smallest absolute Gasteiger partial charge is 0.276 e. The number of fused-ring (bicyclic) bond motifs is 5. The summed E-state index contributed by atoms with van der Waals surface area (Å²) in [5.41, 5.74) is 2.46. The first-order valence-corrected chi connectivity index (χ1v) is 13.9. The van der Waals surface area contributed by atoms with E-state index in [0.29, 0.717) is 54.7 Å². The van der Waals surface area contributed by atoms with E-state index in [-0.39, 0.29) is 42.6 Å². The summed E-state index contributed by atoms with van der Waals surface area (Å²) in [7, 11) is 1.58. The van der Waals surface area contributed by atoms with Gasteiger partial charge in [0, 0.05) is 38.2 Å². The number of hydrogen-bond donors (Lipinski definition) is 1. The molecule has 10 heteroatoms. The van der Waals surface area contributed by atoms with Gasteiger partial charge >= 0.3 is 0 Å². The maximum atomic E-state index is 13.3. The summed E-state index contributed by atoms with van der Waals surface area (Å²) in [5.74, 6) is 1.34. The Balaban J connectivity index is 1.38. The third-order valence-corrected chi connectivity index (χ3v) is 7.32. The van der Waals surface area contributed by atoms with Crippen LogP contribution < -0.4 is 10.1 Å². The molecule has 216 valence electrons. The highest BCUT2D eigenvalue weighted by atomic mass is 16.5. The number of benzene rings is 2. The van der Waals surface area contributed by atoms with Crippen molar-refractivity contribution in [3.05, 3.63) is 76.7 Å². The van der Waals surface area contributed by atoms with Gasteiger partial charge in [-0.25, -0.2) is 0 Å². The molecule has 4 bridgehead atoms. The molecule has 1 fully saturated rings. The van der Waals surface area contributed by atoms with E-state index in [1.807, 2.05) is 37.3 Å². The Kier molecular flexibility index (Phi) is 8.39. The van der Waals surface area contributed by atoms with Gasteiger partial charge in [0.15, 0.2) is 5.69 Å². The van der Waals surface area contributed by atoms with Crippen molar-refractivity contribution in [1.29, 1.82) is 0 Å². The maximum Gasteiger partial charge on any atom is 0.276 e. The minimum absolute atomic E-state index is 0.152. The van der Waals surface area contributed by atoms with Gasteiger partial charge in [0.1, 0.15) is 17.3 Å². The van der Waals surface area contributed by atoms with Crippen molar-refractivity contribution in [3.8, 4) is 11.5 Å². The summed E-state index contributed by atoms with van der Waals surface area (Å²) in [5, 5.41) is 7.01. The predicted octanol–water partition coefficient (Wildman–Crippen LogP) is 3.98. The maximum absolute atomic E-state index is 13.3. The number of aromatic nitrogens is 1. The van der Waals surface area contributed by atoms with E-state index in [4.69, 9.17) is 14.0 Å². The van der Waals surface area contributed by atoms with Crippen LogP contribution in [0.3, 0.4) is 0 Å². The predicted molar refractivity (Wildman–Crippen MR) is 151 cm³/mol. The number of nitrogens with one attached hydrogen (secondary N) is 1. The van der Waals surface area contributed by atoms with Gasteiger partial charge in [0.25, 0.3) is 11.8 Å². The molecule has 3 aromatic rings. The molecule has 1 N–H and O–H groups in total. The second-order valence-corrected chi connectivity index (χ2v) is 11.2. The van der Waals surface area contributed by atoms with Gasteiger partial charge in [-0.3, -0.25) is 14.4 Å².